The zero-order valence-corrected chi connectivity index (χ0v) is 8.33. The second-order valence-corrected chi connectivity index (χ2v) is 3.53. The summed E-state index contributed by atoms with van der Waals surface area (Å²) >= 11 is 0. The molecule has 0 heterocycles. The number of hydrogen-bond acceptors (Lipinski definition) is 2. The van der Waals surface area contributed by atoms with Crippen molar-refractivity contribution >= 4 is 0 Å². The highest BCUT2D eigenvalue weighted by molar-refractivity contribution is 5.21. The highest BCUT2D eigenvalue weighted by atomic mass is 16.5. The molecule has 0 atom stereocenters. The molecule has 0 fully saturated rings. The summed E-state index contributed by atoms with van der Waals surface area (Å²) in [6.45, 7) is 4.56. The summed E-state index contributed by atoms with van der Waals surface area (Å²) < 4.78 is 10.7. The lowest BCUT2D eigenvalue weighted by Gasteiger charge is -2.25. The van der Waals surface area contributed by atoms with Crippen molar-refractivity contribution in [2.45, 2.75) is 19.4 Å². The van der Waals surface area contributed by atoms with Crippen LogP contribution in [-0.4, -0.2) is 19.3 Å². The van der Waals surface area contributed by atoms with E-state index in [2.05, 4.69) is 6.07 Å². The molecular weight excluding hydrogens is 164 g/mol. The fraction of sp³-hybridized carbons (Fsp3) is 0.455. The van der Waals surface area contributed by atoms with Gasteiger partial charge in [-0.25, -0.2) is 0 Å². The van der Waals surface area contributed by atoms with Crippen LogP contribution in [0.2, 0.25) is 0 Å². The molecule has 1 aromatic carbocycles. The van der Waals surface area contributed by atoms with Gasteiger partial charge in [0.1, 0.15) is 11.4 Å². The first-order chi connectivity index (χ1) is 6.14. The number of methoxy groups -OCH3 is 1. The van der Waals surface area contributed by atoms with Crippen LogP contribution in [0.5, 0.6) is 5.75 Å². The molecule has 0 aliphatic rings. The van der Waals surface area contributed by atoms with Crippen molar-refractivity contribution in [2.75, 3.05) is 13.7 Å². The molecule has 0 unspecified atom stereocenters. The molecule has 13 heavy (non-hydrogen) atoms. The van der Waals surface area contributed by atoms with Crippen molar-refractivity contribution in [1.82, 2.24) is 0 Å². The van der Waals surface area contributed by atoms with E-state index in [9.17, 15) is 0 Å². The predicted octanol–water partition coefficient (Wildman–Crippen LogP) is 2.29. The number of benzene rings is 1. The average molecular weight is 179 g/mol. The van der Waals surface area contributed by atoms with Gasteiger partial charge in [0.15, 0.2) is 0 Å². The molecule has 0 bridgehead atoms. The summed E-state index contributed by atoms with van der Waals surface area (Å²) in [5, 5.41) is 0. The first-order valence-electron chi connectivity index (χ1n) is 4.28. The largest absolute Gasteiger partial charge is 0.485 e. The van der Waals surface area contributed by atoms with E-state index in [1.165, 1.54) is 0 Å². The topological polar surface area (TPSA) is 18.5 Å². The number of ether oxygens (including phenoxy) is 2. The average Bonchev–Trinajstić information content (AvgIpc) is 2.04. The maximum Gasteiger partial charge on any atom is 0.127 e. The normalized spacial score (nSPS) is 11.3. The van der Waals surface area contributed by atoms with Gasteiger partial charge in [-0.15, -0.1) is 0 Å². The van der Waals surface area contributed by atoms with Crippen LogP contribution in [-0.2, 0) is 4.74 Å². The third-order valence-corrected chi connectivity index (χ3v) is 1.57. The van der Waals surface area contributed by atoms with Crippen LogP contribution in [0.25, 0.3) is 0 Å². The molecule has 0 saturated carbocycles. The van der Waals surface area contributed by atoms with Gasteiger partial charge in [0.05, 0.1) is 6.61 Å². The third-order valence-electron chi connectivity index (χ3n) is 1.57. The van der Waals surface area contributed by atoms with Gasteiger partial charge in [-0.05, 0) is 32.0 Å². The molecule has 2 nitrogen and oxygen atoms in total. The van der Waals surface area contributed by atoms with Crippen LogP contribution in [0, 0.1) is 6.07 Å². The van der Waals surface area contributed by atoms with Gasteiger partial charge < -0.3 is 9.47 Å². The van der Waals surface area contributed by atoms with E-state index in [0.717, 1.165) is 5.75 Å². The summed E-state index contributed by atoms with van der Waals surface area (Å²) in [7, 11) is 1.67. The van der Waals surface area contributed by atoms with Crippen molar-refractivity contribution in [3.8, 4) is 5.75 Å². The molecule has 71 valence electrons. The number of hydrogen-bond donors (Lipinski definition) is 0. The van der Waals surface area contributed by atoms with Crippen molar-refractivity contribution in [1.29, 1.82) is 0 Å². The lowest BCUT2D eigenvalue weighted by atomic mass is 10.1. The molecule has 2 heteroatoms. The minimum atomic E-state index is -0.282. The fourth-order valence-electron chi connectivity index (χ4n) is 1.14. The van der Waals surface area contributed by atoms with Crippen molar-refractivity contribution in [3.63, 3.8) is 0 Å². The third kappa shape index (κ3) is 3.47. The molecule has 0 aliphatic carbocycles. The lowest BCUT2D eigenvalue weighted by molar-refractivity contribution is 0.0181. The molecule has 0 aliphatic heterocycles. The molecule has 0 N–H and O–H groups in total. The van der Waals surface area contributed by atoms with Crippen LogP contribution in [0.3, 0.4) is 0 Å². The molecular formula is C11H15O2. The Balaban J connectivity index is 2.58. The monoisotopic (exact) mass is 179 g/mol. The Labute approximate surface area is 79.5 Å². The first kappa shape index (κ1) is 10.1. The molecule has 1 radical (unpaired) electrons. The smallest absolute Gasteiger partial charge is 0.127 e. The highest BCUT2D eigenvalue weighted by Gasteiger charge is 2.18. The summed E-state index contributed by atoms with van der Waals surface area (Å²) in [5.41, 5.74) is -0.282. The SMILES string of the molecule is COCC(C)(C)Oc1cc[c]cc1. The van der Waals surface area contributed by atoms with Gasteiger partial charge >= 0.3 is 0 Å². The van der Waals surface area contributed by atoms with Crippen molar-refractivity contribution in [3.05, 3.63) is 30.3 Å². The maximum atomic E-state index is 5.70. The summed E-state index contributed by atoms with van der Waals surface area (Å²) in [6.07, 6.45) is 0. The van der Waals surface area contributed by atoms with Crippen LogP contribution >= 0.6 is 0 Å². The Morgan fingerprint density at radius 2 is 1.92 bits per heavy atom. The van der Waals surface area contributed by atoms with Crippen LogP contribution in [0.1, 0.15) is 13.8 Å². The Hall–Kier alpha value is -1.02. The Bertz CT molecular complexity index is 242. The minimum absolute atomic E-state index is 0.282. The summed E-state index contributed by atoms with van der Waals surface area (Å²) in [6, 6.07) is 10.4. The molecule has 1 rings (SSSR count). The molecule has 0 saturated heterocycles. The molecule has 0 spiro atoms. The van der Waals surface area contributed by atoms with E-state index in [-0.39, 0.29) is 5.60 Å². The second kappa shape index (κ2) is 4.28. The Kier molecular flexibility index (Phi) is 3.32. The van der Waals surface area contributed by atoms with Gasteiger partial charge in [-0.1, -0.05) is 12.1 Å². The Morgan fingerprint density at radius 3 is 2.46 bits per heavy atom. The standard InChI is InChI=1S/C11H15O2/c1-11(2,9-12-3)13-10-7-5-4-6-8-10/h5-8H,9H2,1-3H3. The van der Waals surface area contributed by atoms with Crippen molar-refractivity contribution in [2.24, 2.45) is 0 Å². The van der Waals surface area contributed by atoms with Gasteiger partial charge in [0, 0.05) is 7.11 Å². The van der Waals surface area contributed by atoms with E-state index < -0.39 is 0 Å². The number of rotatable bonds is 4. The van der Waals surface area contributed by atoms with Gasteiger partial charge in [0.25, 0.3) is 0 Å². The molecule has 0 amide bonds. The second-order valence-electron chi connectivity index (χ2n) is 3.53. The van der Waals surface area contributed by atoms with E-state index in [0.29, 0.717) is 6.61 Å². The Morgan fingerprint density at radius 1 is 1.31 bits per heavy atom. The predicted molar refractivity (Wildman–Crippen MR) is 51.9 cm³/mol. The zero-order chi connectivity index (χ0) is 9.73. The zero-order valence-electron chi connectivity index (χ0n) is 8.33. The van der Waals surface area contributed by atoms with Crippen LogP contribution < -0.4 is 4.74 Å². The first-order valence-corrected chi connectivity index (χ1v) is 4.28. The van der Waals surface area contributed by atoms with E-state index >= 15 is 0 Å². The van der Waals surface area contributed by atoms with Crippen LogP contribution in [0.4, 0.5) is 0 Å². The van der Waals surface area contributed by atoms with Gasteiger partial charge in [0.2, 0.25) is 0 Å². The fourth-order valence-corrected chi connectivity index (χ4v) is 1.14. The van der Waals surface area contributed by atoms with Crippen molar-refractivity contribution < 1.29 is 9.47 Å². The van der Waals surface area contributed by atoms with Crippen LogP contribution in [0.15, 0.2) is 24.3 Å². The quantitative estimate of drug-likeness (QED) is 0.706. The van der Waals surface area contributed by atoms with Gasteiger partial charge in [-0.3, -0.25) is 0 Å². The maximum absolute atomic E-state index is 5.70. The summed E-state index contributed by atoms with van der Waals surface area (Å²) in [5.74, 6) is 0.848. The molecule has 1 aromatic rings. The minimum Gasteiger partial charge on any atom is -0.485 e. The highest BCUT2D eigenvalue weighted by Crippen LogP contribution is 2.17. The lowest BCUT2D eigenvalue weighted by Crippen LogP contribution is -2.33. The van der Waals surface area contributed by atoms with E-state index in [1.807, 2.05) is 38.1 Å². The summed E-state index contributed by atoms with van der Waals surface area (Å²) in [4.78, 5) is 0. The van der Waals surface area contributed by atoms with Gasteiger partial charge in [-0.2, -0.15) is 0 Å². The molecule has 0 aromatic heterocycles. The van der Waals surface area contributed by atoms with E-state index in [1.54, 1.807) is 7.11 Å². The van der Waals surface area contributed by atoms with E-state index in [4.69, 9.17) is 9.47 Å².